The summed E-state index contributed by atoms with van der Waals surface area (Å²) in [5.74, 6) is 1.59. The minimum Gasteiger partial charge on any atom is -0.389 e. The molecule has 0 aromatic heterocycles. The van der Waals surface area contributed by atoms with Crippen LogP contribution in [0.2, 0.25) is 0 Å². The first-order valence-electron chi connectivity index (χ1n) is 7.62. The predicted molar refractivity (Wildman–Crippen MR) is 77.3 cm³/mol. The van der Waals surface area contributed by atoms with E-state index in [1.165, 1.54) is 25.7 Å². The van der Waals surface area contributed by atoms with Gasteiger partial charge in [-0.3, -0.25) is 0 Å². The van der Waals surface area contributed by atoms with Crippen LogP contribution in [0.5, 0.6) is 0 Å². The fourth-order valence-electron chi connectivity index (χ4n) is 2.75. The Morgan fingerprint density at radius 1 is 1.26 bits per heavy atom. The van der Waals surface area contributed by atoms with Crippen molar-refractivity contribution in [3.8, 4) is 0 Å². The van der Waals surface area contributed by atoms with E-state index in [1.54, 1.807) is 7.11 Å². The molecule has 2 N–H and O–H groups in total. The maximum absolute atomic E-state index is 9.83. The largest absolute Gasteiger partial charge is 0.389 e. The first-order valence-corrected chi connectivity index (χ1v) is 7.62. The molecule has 0 heterocycles. The van der Waals surface area contributed by atoms with Crippen molar-refractivity contribution in [3.05, 3.63) is 0 Å². The number of nitrogens with one attached hydrogen (secondary N) is 1. The lowest BCUT2D eigenvalue weighted by atomic mass is 9.80. The molecule has 0 spiro atoms. The molecule has 114 valence electrons. The fraction of sp³-hybridized carbons (Fsp3) is 1.00. The summed E-state index contributed by atoms with van der Waals surface area (Å²) in [6.45, 7) is 6.87. The first-order chi connectivity index (χ1) is 9.13. The monoisotopic (exact) mass is 273 g/mol. The molecule has 0 bridgehead atoms. The molecule has 0 saturated heterocycles. The topological polar surface area (TPSA) is 50.7 Å². The molecule has 0 aliphatic heterocycles. The van der Waals surface area contributed by atoms with Crippen LogP contribution in [0.25, 0.3) is 0 Å². The molecule has 19 heavy (non-hydrogen) atoms. The maximum atomic E-state index is 9.83. The van der Waals surface area contributed by atoms with Gasteiger partial charge in [-0.25, -0.2) is 0 Å². The van der Waals surface area contributed by atoms with Crippen LogP contribution in [0.1, 0.15) is 39.5 Å². The molecular weight excluding hydrogens is 242 g/mol. The van der Waals surface area contributed by atoms with Crippen molar-refractivity contribution < 1.29 is 14.6 Å². The molecular formula is C15H31NO3. The highest BCUT2D eigenvalue weighted by molar-refractivity contribution is 4.74. The SMILES string of the molecule is COCC(C)OCC(O)CNCC1CCCCC1C. The average molecular weight is 273 g/mol. The van der Waals surface area contributed by atoms with Crippen molar-refractivity contribution in [1.29, 1.82) is 0 Å². The van der Waals surface area contributed by atoms with Crippen LogP contribution in [0, 0.1) is 11.8 Å². The number of aliphatic hydroxyl groups is 1. The third-order valence-corrected chi connectivity index (χ3v) is 4.05. The van der Waals surface area contributed by atoms with Crippen molar-refractivity contribution >= 4 is 0 Å². The Morgan fingerprint density at radius 2 is 2.00 bits per heavy atom. The average Bonchev–Trinajstić information content (AvgIpc) is 2.39. The first kappa shape index (κ1) is 16.9. The molecule has 4 unspecified atom stereocenters. The summed E-state index contributed by atoms with van der Waals surface area (Å²) >= 11 is 0. The molecule has 1 fully saturated rings. The second-order valence-corrected chi connectivity index (χ2v) is 5.93. The van der Waals surface area contributed by atoms with Crippen LogP contribution in [-0.2, 0) is 9.47 Å². The van der Waals surface area contributed by atoms with Crippen LogP contribution in [-0.4, -0.2) is 50.7 Å². The minimum absolute atomic E-state index is 0.0398. The van der Waals surface area contributed by atoms with Gasteiger partial charge in [0.1, 0.15) is 0 Å². The zero-order valence-electron chi connectivity index (χ0n) is 12.7. The van der Waals surface area contributed by atoms with E-state index in [0.717, 1.165) is 18.4 Å². The zero-order chi connectivity index (χ0) is 14.1. The maximum Gasteiger partial charge on any atom is 0.0897 e. The quantitative estimate of drug-likeness (QED) is 0.673. The predicted octanol–water partition coefficient (Wildman–Crippen LogP) is 1.81. The smallest absolute Gasteiger partial charge is 0.0897 e. The van der Waals surface area contributed by atoms with Gasteiger partial charge in [-0.15, -0.1) is 0 Å². The van der Waals surface area contributed by atoms with Crippen molar-refractivity contribution in [2.24, 2.45) is 11.8 Å². The number of rotatable bonds is 9. The number of aliphatic hydroxyl groups excluding tert-OH is 1. The van der Waals surface area contributed by atoms with E-state index in [0.29, 0.717) is 19.8 Å². The third-order valence-electron chi connectivity index (χ3n) is 4.05. The second kappa shape index (κ2) is 9.70. The summed E-state index contributed by atoms with van der Waals surface area (Å²) in [7, 11) is 1.66. The van der Waals surface area contributed by atoms with Crippen molar-refractivity contribution in [2.75, 3.05) is 33.4 Å². The summed E-state index contributed by atoms with van der Waals surface area (Å²) < 4.78 is 10.5. The van der Waals surface area contributed by atoms with E-state index in [1.807, 2.05) is 6.92 Å². The van der Waals surface area contributed by atoms with Gasteiger partial charge in [0.2, 0.25) is 0 Å². The number of hydrogen-bond acceptors (Lipinski definition) is 4. The Bertz CT molecular complexity index is 225. The molecule has 1 aliphatic rings. The molecule has 1 aliphatic carbocycles. The van der Waals surface area contributed by atoms with Gasteiger partial charge in [-0.1, -0.05) is 26.2 Å². The van der Waals surface area contributed by atoms with E-state index in [2.05, 4.69) is 12.2 Å². The van der Waals surface area contributed by atoms with E-state index in [-0.39, 0.29) is 6.10 Å². The van der Waals surface area contributed by atoms with E-state index < -0.39 is 6.10 Å². The molecule has 4 nitrogen and oxygen atoms in total. The highest BCUT2D eigenvalue weighted by Gasteiger charge is 2.20. The van der Waals surface area contributed by atoms with Gasteiger partial charge in [0.15, 0.2) is 0 Å². The molecule has 4 heteroatoms. The van der Waals surface area contributed by atoms with Crippen LogP contribution in [0.4, 0.5) is 0 Å². The Kier molecular flexibility index (Phi) is 8.62. The second-order valence-electron chi connectivity index (χ2n) is 5.93. The lowest BCUT2D eigenvalue weighted by Gasteiger charge is -2.29. The standard InChI is InChI=1S/C15H31NO3/c1-12-6-4-5-7-14(12)8-16-9-15(17)11-19-13(2)10-18-3/h12-17H,4-11H2,1-3H3. The van der Waals surface area contributed by atoms with Gasteiger partial charge in [0.25, 0.3) is 0 Å². The zero-order valence-corrected chi connectivity index (χ0v) is 12.7. The Morgan fingerprint density at radius 3 is 2.68 bits per heavy atom. The van der Waals surface area contributed by atoms with Crippen molar-refractivity contribution in [3.63, 3.8) is 0 Å². The molecule has 0 aromatic rings. The Labute approximate surface area is 117 Å². The van der Waals surface area contributed by atoms with Crippen LogP contribution < -0.4 is 5.32 Å². The van der Waals surface area contributed by atoms with Crippen LogP contribution >= 0.6 is 0 Å². The molecule has 1 rings (SSSR count). The van der Waals surface area contributed by atoms with Crippen LogP contribution in [0.15, 0.2) is 0 Å². The number of ether oxygens (including phenoxy) is 2. The third kappa shape index (κ3) is 7.25. The van der Waals surface area contributed by atoms with Crippen molar-refractivity contribution in [1.82, 2.24) is 5.32 Å². The number of hydrogen-bond donors (Lipinski definition) is 2. The normalized spacial score (nSPS) is 27.2. The molecule has 0 aromatic carbocycles. The van der Waals surface area contributed by atoms with Gasteiger partial charge in [-0.05, 0) is 31.7 Å². The number of methoxy groups -OCH3 is 1. The van der Waals surface area contributed by atoms with Gasteiger partial charge in [0, 0.05) is 13.7 Å². The van der Waals surface area contributed by atoms with E-state index in [4.69, 9.17) is 9.47 Å². The van der Waals surface area contributed by atoms with Gasteiger partial charge < -0.3 is 19.9 Å². The van der Waals surface area contributed by atoms with Gasteiger partial charge in [0.05, 0.1) is 25.4 Å². The van der Waals surface area contributed by atoms with Crippen LogP contribution in [0.3, 0.4) is 0 Å². The fourth-order valence-corrected chi connectivity index (χ4v) is 2.75. The summed E-state index contributed by atoms with van der Waals surface area (Å²) in [4.78, 5) is 0. The lowest BCUT2D eigenvalue weighted by molar-refractivity contribution is -0.0313. The van der Waals surface area contributed by atoms with Gasteiger partial charge in [-0.2, -0.15) is 0 Å². The van der Waals surface area contributed by atoms with Gasteiger partial charge >= 0.3 is 0 Å². The summed E-state index contributed by atoms with van der Waals surface area (Å²) in [6, 6.07) is 0. The molecule has 0 radical (unpaired) electrons. The van der Waals surface area contributed by atoms with E-state index >= 15 is 0 Å². The lowest BCUT2D eigenvalue weighted by Crippen LogP contribution is -2.36. The molecule has 0 amide bonds. The Hall–Kier alpha value is -0.160. The summed E-state index contributed by atoms with van der Waals surface area (Å²) in [5.41, 5.74) is 0. The summed E-state index contributed by atoms with van der Waals surface area (Å²) in [6.07, 6.45) is 5.02. The molecule has 1 saturated carbocycles. The Balaban J connectivity index is 2.04. The van der Waals surface area contributed by atoms with Crippen molar-refractivity contribution in [2.45, 2.75) is 51.7 Å². The summed E-state index contributed by atoms with van der Waals surface area (Å²) in [5, 5.41) is 13.2. The minimum atomic E-state index is -0.432. The highest BCUT2D eigenvalue weighted by atomic mass is 16.5. The highest BCUT2D eigenvalue weighted by Crippen LogP contribution is 2.28. The van der Waals surface area contributed by atoms with E-state index in [9.17, 15) is 5.11 Å². The molecule has 4 atom stereocenters.